The standard InChI is InChI=1S/C31H37ClN2O5/c1-5-39-31(36)27-26(23-13-9-10-14-24(23)32)25(30(35)38-4)20(2)33-28(27)29(37-3)22-15-17-34(18-16-22)19-21-11-7-6-8-12-21/h6-14,22,25-26,29H,5,15-19H2,1-4H3. The Bertz CT molecular complexity index is 1220. The summed E-state index contributed by atoms with van der Waals surface area (Å²) in [6, 6.07) is 17.7. The van der Waals surface area contributed by atoms with E-state index in [4.69, 9.17) is 30.8 Å². The van der Waals surface area contributed by atoms with Gasteiger partial charge in [0.15, 0.2) is 0 Å². The number of nitrogens with zero attached hydrogens (tertiary/aromatic N) is 2. The highest BCUT2D eigenvalue weighted by atomic mass is 35.5. The van der Waals surface area contributed by atoms with Crippen LogP contribution in [0.4, 0.5) is 0 Å². The maximum absolute atomic E-state index is 13.6. The number of methoxy groups -OCH3 is 2. The number of rotatable bonds is 9. The molecule has 3 unspecified atom stereocenters. The molecule has 0 saturated carbocycles. The van der Waals surface area contributed by atoms with Crippen molar-refractivity contribution in [1.82, 2.24) is 4.90 Å². The number of aliphatic imine (C=N–C) groups is 1. The summed E-state index contributed by atoms with van der Waals surface area (Å²) in [4.78, 5) is 34.0. The number of carbonyl (C=O) groups is 2. The Balaban J connectivity index is 1.72. The van der Waals surface area contributed by atoms with Gasteiger partial charge < -0.3 is 14.2 Å². The first-order valence-electron chi connectivity index (χ1n) is 13.5. The highest BCUT2D eigenvalue weighted by Gasteiger charge is 2.46. The molecule has 4 rings (SSSR count). The van der Waals surface area contributed by atoms with Crippen molar-refractivity contribution in [3.8, 4) is 0 Å². The second-order valence-electron chi connectivity index (χ2n) is 10.0. The van der Waals surface area contributed by atoms with Crippen LogP contribution in [0.1, 0.15) is 43.7 Å². The van der Waals surface area contributed by atoms with Crippen LogP contribution in [0.15, 0.2) is 70.9 Å². The van der Waals surface area contributed by atoms with Crippen LogP contribution in [0.2, 0.25) is 5.02 Å². The molecule has 0 bridgehead atoms. The monoisotopic (exact) mass is 552 g/mol. The van der Waals surface area contributed by atoms with Crippen LogP contribution in [0.5, 0.6) is 0 Å². The lowest BCUT2D eigenvalue weighted by Crippen LogP contribution is -2.42. The van der Waals surface area contributed by atoms with Gasteiger partial charge in [-0.25, -0.2) is 4.79 Å². The van der Waals surface area contributed by atoms with E-state index in [9.17, 15) is 9.59 Å². The van der Waals surface area contributed by atoms with Crippen LogP contribution >= 0.6 is 11.6 Å². The molecule has 1 fully saturated rings. The maximum atomic E-state index is 13.6. The maximum Gasteiger partial charge on any atom is 0.336 e. The molecule has 0 aromatic heterocycles. The van der Waals surface area contributed by atoms with E-state index in [0.29, 0.717) is 27.6 Å². The topological polar surface area (TPSA) is 77.4 Å². The van der Waals surface area contributed by atoms with Gasteiger partial charge in [-0.2, -0.15) is 0 Å². The molecular formula is C31H37ClN2O5. The van der Waals surface area contributed by atoms with E-state index in [1.165, 1.54) is 12.7 Å². The molecule has 2 aliphatic heterocycles. The fourth-order valence-corrected chi connectivity index (χ4v) is 6.08. The van der Waals surface area contributed by atoms with Gasteiger partial charge in [-0.3, -0.25) is 14.7 Å². The Morgan fingerprint density at radius 3 is 2.33 bits per heavy atom. The lowest BCUT2D eigenvalue weighted by molar-refractivity contribution is -0.144. The van der Waals surface area contributed by atoms with Crippen LogP contribution < -0.4 is 0 Å². The van der Waals surface area contributed by atoms with Crippen molar-refractivity contribution in [3.05, 3.63) is 82.0 Å². The van der Waals surface area contributed by atoms with Crippen molar-refractivity contribution in [2.45, 2.75) is 45.3 Å². The Hall–Kier alpha value is -3.00. The first-order valence-corrected chi connectivity index (χ1v) is 13.8. The lowest BCUT2D eigenvalue weighted by Gasteiger charge is -2.39. The molecule has 208 valence electrons. The minimum atomic E-state index is -0.816. The molecule has 2 aliphatic rings. The molecule has 7 nitrogen and oxygen atoms in total. The van der Waals surface area contributed by atoms with E-state index in [0.717, 1.165) is 32.5 Å². The number of benzene rings is 2. The van der Waals surface area contributed by atoms with E-state index >= 15 is 0 Å². The predicted octanol–water partition coefficient (Wildman–Crippen LogP) is 5.43. The number of hydrogen-bond acceptors (Lipinski definition) is 7. The molecule has 2 aromatic rings. The van der Waals surface area contributed by atoms with Gasteiger partial charge >= 0.3 is 11.9 Å². The summed E-state index contributed by atoms with van der Waals surface area (Å²) in [5, 5.41) is 0.454. The summed E-state index contributed by atoms with van der Waals surface area (Å²) in [7, 11) is 2.99. The average molecular weight is 553 g/mol. The van der Waals surface area contributed by atoms with Gasteiger partial charge in [0.2, 0.25) is 0 Å². The van der Waals surface area contributed by atoms with Crippen LogP contribution in [-0.4, -0.2) is 62.6 Å². The molecule has 0 radical (unpaired) electrons. The lowest BCUT2D eigenvalue weighted by atomic mass is 9.73. The summed E-state index contributed by atoms with van der Waals surface area (Å²) in [5.74, 6) is -2.40. The van der Waals surface area contributed by atoms with Gasteiger partial charge in [0, 0.05) is 30.3 Å². The molecule has 8 heteroatoms. The number of hydrogen-bond donors (Lipinski definition) is 0. The van der Waals surface area contributed by atoms with Gasteiger partial charge in [0.25, 0.3) is 0 Å². The number of likely N-dealkylation sites (tertiary alicyclic amines) is 1. The van der Waals surface area contributed by atoms with Crippen molar-refractivity contribution in [2.24, 2.45) is 16.8 Å². The van der Waals surface area contributed by atoms with Crippen molar-refractivity contribution < 1.29 is 23.8 Å². The molecule has 0 N–H and O–H groups in total. The normalized spacial score (nSPS) is 21.3. The van der Waals surface area contributed by atoms with Crippen LogP contribution in [0.3, 0.4) is 0 Å². The molecule has 0 aliphatic carbocycles. The largest absolute Gasteiger partial charge is 0.468 e. The summed E-state index contributed by atoms with van der Waals surface area (Å²) in [6.07, 6.45) is 1.33. The van der Waals surface area contributed by atoms with Gasteiger partial charge in [0.05, 0.1) is 25.0 Å². The van der Waals surface area contributed by atoms with Gasteiger partial charge in [0.1, 0.15) is 12.0 Å². The number of ether oxygens (including phenoxy) is 3. The minimum Gasteiger partial charge on any atom is -0.468 e. The highest BCUT2D eigenvalue weighted by molar-refractivity contribution is 6.31. The molecule has 2 aromatic carbocycles. The number of piperidine rings is 1. The minimum absolute atomic E-state index is 0.138. The zero-order chi connectivity index (χ0) is 27.9. The Morgan fingerprint density at radius 2 is 1.72 bits per heavy atom. The van der Waals surface area contributed by atoms with Crippen molar-refractivity contribution in [1.29, 1.82) is 0 Å². The third kappa shape index (κ3) is 6.43. The zero-order valence-electron chi connectivity index (χ0n) is 23.1. The molecule has 39 heavy (non-hydrogen) atoms. The quantitative estimate of drug-likeness (QED) is 0.386. The summed E-state index contributed by atoms with van der Waals surface area (Å²) < 4.78 is 16.8. The second-order valence-corrected chi connectivity index (χ2v) is 10.4. The first kappa shape index (κ1) is 29.0. The van der Waals surface area contributed by atoms with Gasteiger partial charge in [-0.1, -0.05) is 60.1 Å². The van der Waals surface area contributed by atoms with Gasteiger partial charge in [-0.15, -0.1) is 0 Å². The SMILES string of the molecule is CCOC(=O)C1=C(C(OC)C2CCN(Cc3ccccc3)CC2)N=C(C)C(C(=O)OC)C1c1ccccc1Cl. The molecule has 3 atom stereocenters. The summed E-state index contributed by atoms with van der Waals surface area (Å²) in [6.45, 7) is 6.45. The van der Waals surface area contributed by atoms with E-state index in [1.807, 2.05) is 24.3 Å². The summed E-state index contributed by atoms with van der Waals surface area (Å²) >= 11 is 6.65. The van der Waals surface area contributed by atoms with E-state index in [-0.39, 0.29) is 12.5 Å². The number of halogens is 1. The second kappa shape index (κ2) is 13.4. The molecule has 0 spiro atoms. The fourth-order valence-electron chi connectivity index (χ4n) is 5.82. The third-order valence-corrected chi connectivity index (χ3v) is 8.03. The number of esters is 2. The van der Waals surface area contributed by atoms with Crippen molar-refractivity contribution in [3.63, 3.8) is 0 Å². The van der Waals surface area contributed by atoms with Crippen LogP contribution in [0, 0.1) is 11.8 Å². The van der Waals surface area contributed by atoms with Crippen LogP contribution in [-0.2, 0) is 30.3 Å². The average Bonchev–Trinajstić information content (AvgIpc) is 2.94. The van der Waals surface area contributed by atoms with Gasteiger partial charge in [-0.05, 0) is 62.9 Å². The Kier molecular flexibility index (Phi) is 9.94. The Morgan fingerprint density at radius 1 is 1.05 bits per heavy atom. The predicted molar refractivity (Wildman–Crippen MR) is 152 cm³/mol. The number of carbonyl (C=O) groups excluding carboxylic acids is 2. The highest BCUT2D eigenvalue weighted by Crippen LogP contribution is 2.45. The zero-order valence-corrected chi connectivity index (χ0v) is 23.8. The smallest absolute Gasteiger partial charge is 0.336 e. The fraction of sp³-hybridized carbons (Fsp3) is 0.452. The third-order valence-electron chi connectivity index (χ3n) is 7.69. The molecule has 2 heterocycles. The molecular weight excluding hydrogens is 516 g/mol. The Labute approximate surface area is 235 Å². The van der Waals surface area contributed by atoms with E-state index in [1.54, 1.807) is 27.0 Å². The van der Waals surface area contributed by atoms with Crippen molar-refractivity contribution >= 4 is 29.3 Å². The van der Waals surface area contributed by atoms with E-state index in [2.05, 4.69) is 29.2 Å². The first-order chi connectivity index (χ1) is 18.9. The summed E-state index contributed by atoms with van der Waals surface area (Å²) in [5.41, 5.74) is 3.32. The van der Waals surface area contributed by atoms with Crippen molar-refractivity contribution in [2.75, 3.05) is 33.9 Å². The molecule has 1 saturated heterocycles. The van der Waals surface area contributed by atoms with Crippen LogP contribution in [0.25, 0.3) is 0 Å². The van der Waals surface area contributed by atoms with E-state index < -0.39 is 29.9 Å². The molecule has 0 amide bonds.